The summed E-state index contributed by atoms with van der Waals surface area (Å²) in [6, 6.07) is 5.74. The number of rotatable bonds is 6. The average molecular weight is 277 g/mol. The third-order valence-corrected chi connectivity index (χ3v) is 3.23. The van der Waals surface area contributed by atoms with Gasteiger partial charge in [0.25, 0.3) is 0 Å². The van der Waals surface area contributed by atoms with Crippen molar-refractivity contribution in [2.45, 2.75) is 26.7 Å². The second kappa shape index (κ2) is 7.29. The first-order chi connectivity index (χ1) is 9.68. The summed E-state index contributed by atoms with van der Waals surface area (Å²) in [7, 11) is 0. The van der Waals surface area contributed by atoms with Crippen LogP contribution in [-0.4, -0.2) is 32.3 Å². The average Bonchev–Trinajstić information content (AvgIpc) is 2.45. The number of anilines is 1. The van der Waals surface area contributed by atoms with Crippen molar-refractivity contribution in [1.29, 1.82) is 0 Å². The number of benzene rings is 1. The highest BCUT2D eigenvalue weighted by Gasteiger charge is 2.18. The quantitative estimate of drug-likeness (QED) is 0.641. The lowest BCUT2D eigenvalue weighted by atomic mass is 9.98. The Labute approximate surface area is 120 Å². The summed E-state index contributed by atoms with van der Waals surface area (Å²) in [5, 5.41) is 3.31. The van der Waals surface area contributed by atoms with Gasteiger partial charge >= 0.3 is 5.97 Å². The Morgan fingerprint density at radius 3 is 3.00 bits per heavy atom. The molecule has 0 atom stereocenters. The van der Waals surface area contributed by atoms with Crippen LogP contribution in [-0.2, 0) is 15.9 Å². The van der Waals surface area contributed by atoms with Gasteiger partial charge in [-0.1, -0.05) is 19.9 Å². The van der Waals surface area contributed by atoms with Crippen molar-refractivity contribution in [3.63, 3.8) is 0 Å². The fourth-order valence-electron chi connectivity index (χ4n) is 2.29. The van der Waals surface area contributed by atoms with Gasteiger partial charge in [-0.2, -0.15) is 0 Å². The Kier molecular flexibility index (Phi) is 5.41. The topological polar surface area (TPSA) is 47.6 Å². The number of esters is 1. The van der Waals surface area contributed by atoms with Crippen molar-refractivity contribution in [3.05, 3.63) is 29.3 Å². The predicted molar refractivity (Wildman–Crippen MR) is 79.2 cm³/mol. The summed E-state index contributed by atoms with van der Waals surface area (Å²) >= 11 is 0. The molecule has 1 aliphatic rings. The maximum atomic E-state index is 12.1. The van der Waals surface area contributed by atoms with Gasteiger partial charge in [0.15, 0.2) is 0 Å². The molecule has 1 aromatic rings. The molecule has 0 unspecified atom stereocenters. The van der Waals surface area contributed by atoms with Gasteiger partial charge in [-0.15, -0.1) is 0 Å². The number of hydrogen-bond acceptors (Lipinski definition) is 4. The number of carbonyl (C=O) groups is 1. The fraction of sp³-hybridized carbons (Fsp3) is 0.562. The van der Waals surface area contributed by atoms with E-state index in [1.807, 2.05) is 18.2 Å². The van der Waals surface area contributed by atoms with Crippen molar-refractivity contribution in [2.24, 2.45) is 5.92 Å². The van der Waals surface area contributed by atoms with Crippen LogP contribution in [0.2, 0.25) is 0 Å². The second-order valence-corrected chi connectivity index (χ2v) is 5.47. The lowest BCUT2D eigenvalue weighted by Gasteiger charge is -2.20. The standard InChI is InChI=1S/C16H23NO3/c1-12(2)11-19-9-10-20-16(18)14-5-3-7-15-13(14)6-4-8-17-15/h3,5,7,12,17H,4,6,8-11H2,1-2H3. The maximum absolute atomic E-state index is 12.1. The van der Waals surface area contributed by atoms with E-state index < -0.39 is 0 Å². The molecular formula is C16H23NO3. The molecular weight excluding hydrogens is 254 g/mol. The summed E-state index contributed by atoms with van der Waals surface area (Å²) in [5.41, 5.74) is 2.81. The van der Waals surface area contributed by atoms with Crippen LogP contribution < -0.4 is 5.32 Å². The van der Waals surface area contributed by atoms with Crippen molar-refractivity contribution in [1.82, 2.24) is 0 Å². The van der Waals surface area contributed by atoms with Gasteiger partial charge in [-0.05, 0) is 36.5 Å². The number of hydrogen-bond donors (Lipinski definition) is 1. The highest BCUT2D eigenvalue weighted by molar-refractivity contribution is 5.93. The van der Waals surface area contributed by atoms with Crippen LogP contribution in [0.5, 0.6) is 0 Å². The van der Waals surface area contributed by atoms with Gasteiger partial charge in [-0.25, -0.2) is 4.79 Å². The predicted octanol–water partition coefficient (Wildman–Crippen LogP) is 2.87. The van der Waals surface area contributed by atoms with Gasteiger partial charge < -0.3 is 14.8 Å². The lowest BCUT2D eigenvalue weighted by molar-refractivity contribution is 0.0276. The Bertz CT molecular complexity index is 457. The molecule has 0 aromatic heterocycles. The minimum atomic E-state index is -0.251. The summed E-state index contributed by atoms with van der Waals surface area (Å²) < 4.78 is 10.7. The summed E-state index contributed by atoms with van der Waals surface area (Å²) in [4.78, 5) is 12.1. The Balaban J connectivity index is 1.86. The van der Waals surface area contributed by atoms with Crippen molar-refractivity contribution >= 4 is 11.7 Å². The highest BCUT2D eigenvalue weighted by Crippen LogP contribution is 2.25. The third kappa shape index (κ3) is 3.97. The summed E-state index contributed by atoms with van der Waals surface area (Å²) in [6.07, 6.45) is 1.98. The second-order valence-electron chi connectivity index (χ2n) is 5.47. The van der Waals surface area contributed by atoms with Gasteiger partial charge in [0.05, 0.1) is 12.2 Å². The molecule has 0 saturated carbocycles. The van der Waals surface area contributed by atoms with Crippen LogP contribution >= 0.6 is 0 Å². The number of carbonyl (C=O) groups excluding carboxylic acids is 1. The first-order valence-corrected chi connectivity index (χ1v) is 7.29. The first-order valence-electron chi connectivity index (χ1n) is 7.29. The molecule has 4 nitrogen and oxygen atoms in total. The third-order valence-electron chi connectivity index (χ3n) is 3.23. The van der Waals surface area contributed by atoms with Crippen molar-refractivity contribution in [3.8, 4) is 0 Å². The lowest BCUT2D eigenvalue weighted by Crippen LogP contribution is -2.18. The van der Waals surface area contributed by atoms with Gasteiger partial charge in [-0.3, -0.25) is 0 Å². The van der Waals surface area contributed by atoms with Crippen LogP contribution in [0, 0.1) is 5.92 Å². The normalized spacial score (nSPS) is 13.8. The maximum Gasteiger partial charge on any atom is 0.338 e. The van der Waals surface area contributed by atoms with Crippen LogP contribution in [0.15, 0.2) is 18.2 Å². The zero-order valence-corrected chi connectivity index (χ0v) is 12.3. The molecule has 1 aliphatic heterocycles. The number of fused-ring (bicyclic) bond motifs is 1. The zero-order chi connectivity index (χ0) is 14.4. The molecule has 0 fully saturated rings. The van der Waals surface area contributed by atoms with Crippen LogP contribution in [0.1, 0.15) is 36.2 Å². The molecule has 0 bridgehead atoms. The zero-order valence-electron chi connectivity index (χ0n) is 12.3. The first kappa shape index (κ1) is 14.9. The van der Waals surface area contributed by atoms with Gasteiger partial charge in [0.2, 0.25) is 0 Å². The van der Waals surface area contributed by atoms with Crippen LogP contribution in [0.25, 0.3) is 0 Å². The number of nitrogens with one attached hydrogen (secondary N) is 1. The van der Waals surface area contributed by atoms with E-state index in [9.17, 15) is 4.79 Å². The minimum absolute atomic E-state index is 0.251. The van der Waals surface area contributed by atoms with Crippen molar-refractivity contribution in [2.75, 3.05) is 31.7 Å². The Morgan fingerprint density at radius 2 is 2.20 bits per heavy atom. The highest BCUT2D eigenvalue weighted by atomic mass is 16.6. The minimum Gasteiger partial charge on any atom is -0.460 e. The summed E-state index contributed by atoms with van der Waals surface area (Å²) in [5.74, 6) is 0.247. The van der Waals surface area contributed by atoms with Gasteiger partial charge in [0, 0.05) is 18.8 Å². The number of ether oxygens (including phenoxy) is 2. The van der Waals surface area contributed by atoms with E-state index in [1.54, 1.807) is 0 Å². The van der Waals surface area contributed by atoms with E-state index >= 15 is 0 Å². The van der Waals surface area contributed by atoms with Crippen LogP contribution in [0.3, 0.4) is 0 Å². The molecule has 20 heavy (non-hydrogen) atoms. The van der Waals surface area contributed by atoms with Crippen LogP contribution in [0.4, 0.5) is 5.69 Å². The van der Waals surface area contributed by atoms with E-state index in [4.69, 9.17) is 9.47 Å². The molecule has 0 radical (unpaired) electrons. The van der Waals surface area contributed by atoms with E-state index in [0.717, 1.165) is 30.6 Å². The Morgan fingerprint density at radius 1 is 1.35 bits per heavy atom. The Hall–Kier alpha value is -1.55. The molecule has 0 spiro atoms. The SMILES string of the molecule is CC(C)COCCOC(=O)c1cccc2c1CCCN2. The molecule has 110 valence electrons. The molecule has 0 saturated heterocycles. The van der Waals surface area contributed by atoms with Crippen molar-refractivity contribution < 1.29 is 14.3 Å². The molecule has 1 heterocycles. The molecule has 0 aliphatic carbocycles. The van der Waals surface area contributed by atoms with E-state index in [-0.39, 0.29) is 5.97 Å². The molecule has 1 aromatic carbocycles. The molecule has 1 N–H and O–H groups in total. The van der Waals surface area contributed by atoms with Gasteiger partial charge in [0.1, 0.15) is 6.61 Å². The molecule has 0 amide bonds. The fourth-order valence-corrected chi connectivity index (χ4v) is 2.29. The molecule has 2 rings (SSSR count). The van der Waals surface area contributed by atoms with E-state index in [2.05, 4.69) is 19.2 Å². The smallest absolute Gasteiger partial charge is 0.338 e. The molecule has 4 heteroatoms. The van der Waals surface area contributed by atoms with E-state index in [0.29, 0.717) is 31.3 Å². The van der Waals surface area contributed by atoms with E-state index in [1.165, 1.54) is 0 Å². The summed E-state index contributed by atoms with van der Waals surface area (Å²) in [6.45, 7) is 6.61. The monoisotopic (exact) mass is 277 g/mol. The largest absolute Gasteiger partial charge is 0.460 e.